The second kappa shape index (κ2) is 6.42. The van der Waals surface area contributed by atoms with Crippen LogP contribution in [0.5, 0.6) is 0 Å². The van der Waals surface area contributed by atoms with Crippen LogP contribution >= 0.6 is 22.9 Å². The molecule has 1 saturated carbocycles. The van der Waals surface area contributed by atoms with Crippen molar-refractivity contribution in [3.05, 3.63) is 39.6 Å². The summed E-state index contributed by atoms with van der Waals surface area (Å²) < 4.78 is 14.1. The Bertz CT molecular complexity index is 637. The zero-order valence-electron chi connectivity index (χ0n) is 12.0. The van der Waals surface area contributed by atoms with Crippen molar-refractivity contribution in [2.24, 2.45) is 0 Å². The van der Waals surface area contributed by atoms with Crippen LogP contribution in [-0.4, -0.2) is 11.5 Å². The van der Waals surface area contributed by atoms with Crippen LogP contribution in [0.4, 0.5) is 4.39 Å². The second-order valence-corrected chi connectivity index (χ2v) is 6.92. The van der Waals surface area contributed by atoms with Crippen LogP contribution in [0.3, 0.4) is 0 Å². The van der Waals surface area contributed by atoms with Gasteiger partial charge in [-0.2, -0.15) is 0 Å². The summed E-state index contributed by atoms with van der Waals surface area (Å²) in [6.45, 7) is 3.97. The molecule has 21 heavy (non-hydrogen) atoms. The number of aromatic nitrogens is 1. The summed E-state index contributed by atoms with van der Waals surface area (Å²) in [5.41, 5.74) is 1.71. The summed E-state index contributed by atoms with van der Waals surface area (Å²) in [5.74, 6) is 0.274. The first-order chi connectivity index (χ1) is 10.2. The Hall–Kier alpha value is -0.970. The van der Waals surface area contributed by atoms with Crippen molar-refractivity contribution in [3.63, 3.8) is 0 Å². The predicted octanol–water partition coefficient (Wildman–Crippen LogP) is 4.98. The first-order valence-electron chi connectivity index (χ1n) is 7.34. The van der Waals surface area contributed by atoms with Gasteiger partial charge in [0.2, 0.25) is 0 Å². The van der Waals surface area contributed by atoms with Gasteiger partial charge in [-0.05, 0) is 44.0 Å². The number of hydrogen-bond donors (Lipinski definition) is 1. The smallest absolute Gasteiger partial charge is 0.134 e. The van der Waals surface area contributed by atoms with E-state index in [1.54, 1.807) is 23.5 Å². The fourth-order valence-electron chi connectivity index (χ4n) is 2.32. The predicted molar refractivity (Wildman–Crippen MR) is 86.5 cm³/mol. The minimum atomic E-state index is -0.299. The SMILES string of the molecule is CCCNCc1sc(-c2ccc(Cl)cc2F)nc1C1CC1. The summed E-state index contributed by atoms with van der Waals surface area (Å²) in [6, 6.07) is 4.79. The molecule has 0 saturated heterocycles. The number of benzene rings is 1. The maximum atomic E-state index is 14.1. The van der Waals surface area contributed by atoms with Gasteiger partial charge in [0.25, 0.3) is 0 Å². The minimum absolute atomic E-state index is 0.299. The van der Waals surface area contributed by atoms with E-state index in [-0.39, 0.29) is 5.82 Å². The van der Waals surface area contributed by atoms with Gasteiger partial charge in [0, 0.05) is 27.9 Å². The molecule has 0 unspecified atom stereocenters. The fraction of sp³-hybridized carbons (Fsp3) is 0.438. The minimum Gasteiger partial charge on any atom is -0.312 e. The highest BCUT2D eigenvalue weighted by Gasteiger charge is 2.30. The van der Waals surface area contributed by atoms with Gasteiger partial charge < -0.3 is 5.32 Å². The quantitative estimate of drug-likeness (QED) is 0.758. The van der Waals surface area contributed by atoms with E-state index < -0.39 is 0 Å². The Morgan fingerprint density at radius 3 is 2.90 bits per heavy atom. The summed E-state index contributed by atoms with van der Waals surface area (Å²) in [6.07, 6.45) is 3.51. The van der Waals surface area contributed by atoms with E-state index in [9.17, 15) is 4.39 Å². The molecule has 2 aromatic rings. The van der Waals surface area contributed by atoms with Crippen molar-refractivity contribution in [1.82, 2.24) is 10.3 Å². The van der Waals surface area contributed by atoms with Gasteiger partial charge in [-0.1, -0.05) is 18.5 Å². The number of thiazole rings is 1. The normalized spacial score (nSPS) is 14.6. The lowest BCUT2D eigenvalue weighted by Gasteiger charge is -2.01. The summed E-state index contributed by atoms with van der Waals surface area (Å²) in [4.78, 5) is 5.95. The van der Waals surface area contributed by atoms with Crippen LogP contribution < -0.4 is 5.32 Å². The van der Waals surface area contributed by atoms with E-state index in [1.165, 1.54) is 23.8 Å². The van der Waals surface area contributed by atoms with Crippen molar-refractivity contribution in [2.75, 3.05) is 6.54 Å². The van der Waals surface area contributed by atoms with Crippen molar-refractivity contribution in [2.45, 2.75) is 38.6 Å². The van der Waals surface area contributed by atoms with Crippen molar-refractivity contribution in [3.8, 4) is 10.6 Å². The van der Waals surface area contributed by atoms with E-state index >= 15 is 0 Å². The standard InChI is InChI=1S/C16H18ClFN2S/c1-2-7-19-9-14-15(10-3-4-10)20-16(21-14)12-6-5-11(17)8-13(12)18/h5-6,8,10,19H,2-4,7,9H2,1H3. The van der Waals surface area contributed by atoms with E-state index in [1.807, 2.05) is 0 Å². The van der Waals surface area contributed by atoms with E-state index in [4.69, 9.17) is 16.6 Å². The highest BCUT2D eigenvalue weighted by Crippen LogP contribution is 2.44. The van der Waals surface area contributed by atoms with Crippen LogP contribution in [0.15, 0.2) is 18.2 Å². The molecule has 1 aliphatic carbocycles. The number of nitrogens with zero attached hydrogens (tertiary/aromatic N) is 1. The number of halogens is 2. The van der Waals surface area contributed by atoms with Gasteiger partial charge in [-0.15, -0.1) is 11.3 Å². The average Bonchev–Trinajstić information content (AvgIpc) is 3.21. The summed E-state index contributed by atoms with van der Waals surface area (Å²) in [5, 5.41) is 4.60. The maximum absolute atomic E-state index is 14.1. The molecule has 0 bridgehead atoms. The van der Waals surface area contributed by atoms with Gasteiger partial charge in [0.05, 0.1) is 5.69 Å². The third-order valence-electron chi connectivity index (χ3n) is 3.57. The number of hydrogen-bond acceptors (Lipinski definition) is 3. The summed E-state index contributed by atoms with van der Waals surface area (Å²) in [7, 11) is 0. The van der Waals surface area contributed by atoms with Gasteiger partial charge in [-0.3, -0.25) is 0 Å². The maximum Gasteiger partial charge on any atom is 0.134 e. The Balaban J connectivity index is 1.90. The zero-order chi connectivity index (χ0) is 14.8. The second-order valence-electron chi connectivity index (χ2n) is 5.40. The van der Waals surface area contributed by atoms with Crippen LogP contribution in [0.2, 0.25) is 5.02 Å². The van der Waals surface area contributed by atoms with E-state index in [0.717, 1.165) is 30.2 Å². The molecule has 3 rings (SSSR count). The molecule has 0 spiro atoms. The first-order valence-corrected chi connectivity index (χ1v) is 8.54. The molecular weight excluding hydrogens is 307 g/mol. The molecule has 0 radical (unpaired) electrons. The third-order valence-corrected chi connectivity index (χ3v) is 4.91. The Morgan fingerprint density at radius 2 is 2.24 bits per heavy atom. The first kappa shape index (κ1) is 14.9. The average molecular weight is 325 g/mol. The van der Waals surface area contributed by atoms with Crippen molar-refractivity contribution < 1.29 is 4.39 Å². The van der Waals surface area contributed by atoms with Crippen LogP contribution in [0.25, 0.3) is 10.6 Å². The van der Waals surface area contributed by atoms with E-state index in [2.05, 4.69) is 12.2 Å². The molecule has 1 heterocycles. The van der Waals surface area contributed by atoms with Gasteiger partial charge in [-0.25, -0.2) is 9.37 Å². The molecule has 0 atom stereocenters. The molecule has 1 aromatic carbocycles. The molecule has 1 fully saturated rings. The largest absolute Gasteiger partial charge is 0.312 e. The number of rotatable bonds is 6. The van der Waals surface area contributed by atoms with Crippen LogP contribution in [0, 0.1) is 5.82 Å². The molecule has 112 valence electrons. The molecule has 1 aliphatic rings. The van der Waals surface area contributed by atoms with Gasteiger partial charge in [0.15, 0.2) is 0 Å². The van der Waals surface area contributed by atoms with Crippen LogP contribution in [-0.2, 0) is 6.54 Å². The third kappa shape index (κ3) is 3.44. The molecular formula is C16H18ClFN2S. The molecule has 0 aliphatic heterocycles. The Labute approximate surface area is 133 Å². The topological polar surface area (TPSA) is 24.9 Å². The van der Waals surface area contributed by atoms with Gasteiger partial charge in [0.1, 0.15) is 10.8 Å². The lowest BCUT2D eigenvalue weighted by Crippen LogP contribution is -2.13. The Kier molecular flexibility index (Phi) is 4.57. The van der Waals surface area contributed by atoms with Gasteiger partial charge >= 0.3 is 0 Å². The summed E-state index contributed by atoms with van der Waals surface area (Å²) >= 11 is 7.41. The highest BCUT2D eigenvalue weighted by molar-refractivity contribution is 7.15. The monoisotopic (exact) mass is 324 g/mol. The molecule has 0 amide bonds. The molecule has 1 aromatic heterocycles. The Morgan fingerprint density at radius 1 is 1.43 bits per heavy atom. The van der Waals surface area contributed by atoms with Crippen molar-refractivity contribution >= 4 is 22.9 Å². The fourth-order valence-corrected chi connectivity index (χ4v) is 3.63. The molecule has 1 N–H and O–H groups in total. The van der Waals surface area contributed by atoms with Crippen LogP contribution in [0.1, 0.15) is 42.7 Å². The number of nitrogens with one attached hydrogen (secondary N) is 1. The highest BCUT2D eigenvalue weighted by atomic mass is 35.5. The molecule has 2 nitrogen and oxygen atoms in total. The zero-order valence-corrected chi connectivity index (χ0v) is 13.5. The van der Waals surface area contributed by atoms with E-state index in [0.29, 0.717) is 16.5 Å². The lowest BCUT2D eigenvalue weighted by molar-refractivity contribution is 0.631. The lowest BCUT2D eigenvalue weighted by atomic mass is 10.2. The molecule has 5 heteroatoms. The van der Waals surface area contributed by atoms with Crippen molar-refractivity contribution in [1.29, 1.82) is 0 Å².